The van der Waals surface area contributed by atoms with Crippen molar-refractivity contribution < 1.29 is 0 Å². The molecule has 10 aliphatic rings. The third kappa shape index (κ3) is 3.35. The van der Waals surface area contributed by atoms with E-state index in [0.29, 0.717) is 0 Å². The van der Waals surface area contributed by atoms with E-state index in [1.165, 1.54) is 133 Å². The van der Waals surface area contributed by atoms with Gasteiger partial charge in [0.1, 0.15) is 0 Å². The summed E-state index contributed by atoms with van der Waals surface area (Å²) < 4.78 is 0. The number of fused-ring (bicyclic) bond motifs is 15. The second kappa shape index (κ2) is 10.9. The van der Waals surface area contributed by atoms with Crippen LogP contribution in [0.1, 0.15) is 6.92 Å². The first-order chi connectivity index (χ1) is 33.2. The average molecular weight is 845 g/mol. The van der Waals surface area contributed by atoms with Gasteiger partial charge >= 0.3 is 0 Å². The maximum Gasteiger partial charge on any atom is 0.252 e. The number of rotatable bonds is 2. The molecule has 304 valence electrons. The second-order valence-electron chi connectivity index (χ2n) is 20.8. The molecule has 10 aliphatic heterocycles. The van der Waals surface area contributed by atoms with Crippen molar-refractivity contribution in [2.24, 2.45) is 0 Å². The number of para-hydroxylation sites is 5. The van der Waals surface area contributed by atoms with Crippen LogP contribution in [0, 0.1) is 0 Å². The standard InChI is InChI=1S/C57H36B5N5/c1-3-15-34-36(4-2)63-26-58-30-16-5-10-21-37(30)64-28-60-32-18-7-13-24-40(32)67-41-25-14-8-19-33(41)61-29-65-38-22-11-6-17-31(38)59-27-66-39-23-12-9-20-35(39)62(34)52-55(63)44-42-43-46(53(64)48(44)58)50(60)57(67)51(61)47(43)54(65)49(59)45(42)56(52)66/h3-25H,2,26-29H2,1H3/b15-3-. The van der Waals surface area contributed by atoms with Gasteiger partial charge in [-0.3, -0.25) is 0 Å². The molecule has 0 saturated carbocycles. The highest BCUT2D eigenvalue weighted by Crippen LogP contribution is 2.58. The lowest BCUT2D eigenvalue weighted by molar-refractivity contribution is 1.06. The van der Waals surface area contributed by atoms with E-state index in [0.717, 1.165) is 25.8 Å². The second-order valence-corrected chi connectivity index (χ2v) is 20.8. The van der Waals surface area contributed by atoms with Gasteiger partial charge in [0, 0.05) is 121 Å². The van der Waals surface area contributed by atoms with Gasteiger partial charge in [0.05, 0.1) is 0 Å². The van der Waals surface area contributed by atoms with E-state index in [1.807, 2.05) is 0 Å². The van der Waals surface area contributed by atoms with Crippen molar-refractivity contribution in [2.75, 3.05) is 50.3 Å². The quantitative estimate of drug-likeness (QED) is 0.186. The molecule has 0 unspecified atom stereocenters. The van der Waals surface area contributed by atoms with Crippen LogP contribution in [0.25, 0.3) is 32.3 Å². The average Bonchev–Trinajstić information content (AvgIpc) is 3.38. The van der Waals surface area contributed by atoms with E-state index in [1.54, 1.807) is 21.9 Å². The van der Waals surface area contributed by atoms with Crippen molar-refractivity contribution in [1.82, 2.24) is 0 Å². The molecule has 0 aromatic heterocycles. The SMILES string of the molecule is C=CC1=C(/C=C\C)B2c3ccccc3N3CB4c5ccccc5N5CB6c7ccccc7N7c8ccccc8B8CN9c%10ccccc%10B%10CN1c1c2c3c2c4c5c3c6c7c8c4c9c%10c1c2c43. The van der Waals surface area contributed by atoms with Crippen LogP contribution in [0.15, 0.2) is 157 Å². The molecular weight excluding hydrogens is 809 g/mol. The topological polar surface area (TPSA) is 16.2 Å². The normalized spacial score (nSPS) is 17.9. The first-order valence-electron chi connectivity index (χ1n) is 24.6. The van der Waals surface area contributed by atoms with Gasteiger partial charge in [0.2, 0.25) is 26.9 Å². The Morgan fingerprint density at radius 3 is 1.22 bits per heavy atom. The van der Waals surface area contributed by atoms with Crippen molar-refractivity contribution in [1.29, 1.82) is 0 Å². The molecule has 0 radical (unpaired) electrons. The van der Waals surface area contributed by atoms with Crippen molar-refractivity contribution in [3.63, 3.8) is 0 Å². The summed E-state index contributed by atoms with van der Waals surface area (Å²) in [5, 5.41) is 9.07. The highest BCUT2D eigenvalue weighted by atomic mass is 15.2. The monoisotopic (exact) mass is 845 g/mol. The Kier molecular flexibility index (Phi) is 5.51. The molecule has 0 bridgehead atoms. The van der Waals surface area contributed by atoms with E-state index in [2.05, 4.69) is 178 Å². The fraction of sp³-hybridized carbons (Fsp3) is 0.0877. The largest absolute Gasteiger partial charge is 0.349 e. The van der Waals surface area contributed by atoms with Crippen LogP contribution in [0.5, 0.6) is 0 Å². The molecule has 9 aromatic carbocycles. The van der Waals surface area contributed by atoms with Gasteiger partial charge < -0.3 is 24.5 Å². The Bertz CT molecular complexity index is 4010. The first-order valence-corrected chi connectivity index (χ1v) is 24.6. The van der Waals surface area contributed by atoms with Gasteiger partial charge in [-0.25, -0.2) is 0 Å². The fourth-order valence-electron chi connectivity index (χ4n) is 16.6. The summed E-state index contributed by atoms with van der Waals surface area (Å²) in [5.74, 6) is 0. The van der Waals surface area contributed by atoms with Crippen LogP contribution in [0.2, 0.25) is 0 Å². The summed E-state index contributed by atoms with van der Waals surface area (Å²) in [6.45, 7) is 7.75. The Morgan fingerprint density at radius 1 is 0.403 bits per heavy atom. The number of benzene rings is 9. The molecule has 10 heterocycles. The molecule has 19 rings (SSSR count). The van der Waals surface area contributed by atoms with Gasteiger partial charge in [-0.2, -0.15) is 0 Å². The smallest absolute Gasteiger partial charge is 0.252 e. The summed E-state index contributed by atoms with van der Waals surface area (Å²) >= 11 is 0. The summed E-state index contributed by atoms with van der Waals surface area (Å²) in [7, 11) is 0. The summed E-state index contributed by atoms with van der Waals surface area (Å²) in [6.07, 6.45) is 10.5. The Labute approximate surface area is 390 Å². The molecule has 5 nitrogen and oxygen atoms in total. The molecule has 0 fully saturated rings. The number of hydrogen-bond donors (Lipinski definition) is 0. The zero-order valence-corrected chi connectivity index (χ0v) is 36.9. The number of allylic oxidation sites excluding steroid dienone is 4. The molecule has 0 amide bonds. The zero-order chi connectivity index (χ0) is 43.0. The summed E-state index contributed by atoms with van der Waals surface area (Å²) in [6, 6.07) is 47.3. The molecule has 0 spiro atoms. The van der Waals surface area contributed by atoms with E-state index in [-0.39, 0.29) is 33.6 Å². The minimum Gasteiger partial charge on any atom is -0.349 e. The molecule has 0 N–H and O–H groups in total. The van der Waals surface area contributed by atoms with E-state index < -0.39 is 0 Å². The number of anilines is 10. The maximum absolute atomic E-state index is 4.65. The lowest BCUT2D eigenvalue weighted by Crippen LogP contribution is -2.71. The van der Waals surface area contributed by atoms with E-state index in [4.69, 9.17) is 0 Å². The lowest BCUT2D eigenvalue weighted by atomic mass is 9.27. The molecule has 9 aromatic rings. The maximum atomic E-state index is 4.65. The Hall–Kier alpha value is -7.44. The molecule has 0 aliphatic carbocycles. The lowest BCUT2D eigenvalue weighted by Gasteiger charge is -2.56. The van der Waals surface area contributed by atoms with Gasteiger partial charge in [-0.1, -0.05) is 110 Å². The van der Waals surface area contributed by atoms with Crippen molar-refractivity contribution >= 4 is 177 Å². The minimum atomic E-state index is 0.0863. The molecular formula is C57H36B5N5. The third-order valence-electron chi connectivity index (χ3n) is 18.5. The molecule has 67 heavy (non-hydrogen) atoms. The zero-order valence-electron chi connectivity index (χ0n) is 36.9. The van der Waals surface area contributed by atoms with Crippen LogP contribution in [-0.4, -0.2) is 59.3 Å². The van der Waals surface area contributed by atoms with Crippen LogP contribution >= 0.6 is 0 Å². The highest BCUT2D eigenvalue weighted by molar-refractivity contribution is 7.02. The third-order valence-corrected chi connectivity index (χ3v) is 18.5. The number of nitrogens with zero attached hydrogens (tertiary/aromatic N) is 5. The van der Waals surface area contributed by atoms with E-state index >= 15 is 0 Å². The number of hydrogen-bond acceptors (Lipinski definition) is 5. The first kappa shape index (κ1) is 34.0. The van der Waals surface area contributed by atoms with Gasteiger partial charge in [0.25, 0.3) is 6.71 Å². The molecule has 0 saturated heterocycles. The van der Waals surface area contributed by atoms with Gasteiger partial charge in [-0.05, 0) is 103 Å². The van der Waals surface area contributed by atoms with Crippen molar-refractivity contribution in [3.8, 4) is 0 Å². The van der Waals surface area contributed by atoms with Gasteiger partial charge in [0.15, 0.2) is 0 Å². The molecule has 0 atom stereocenters. The Balaban J connectivity index is 1.13. The highest BCUT2D eigenvalue weighted by Gasteiger charge is 2.58. The molecule has 10 heteroatoms. The van der Waals surface area contributed by atoms with Crippen LogP contribution < -0.4 is 79.1 Å². The summed E-state index contributed by atoms with van der Waals surface area (Å²) in [5.41, 5.74) is 31.7. The Morgan fingerprint density at radius 2 is 0.761 bits per heavy atom. The minimum absolute atomic E-state index is 0.0863. The predicted octanol–water partition coefficient (Wildman–Crippen LogP) is 4.67. The van der Waals surface area contributed by atoms with Gasteiger partial charge in [-0.15, -0.1) is 0 Å². The predicted molar refractivity (Wildman–Crippen MR) is 290 cm³/mol. The van der Waals surface area contributed by atoms with E-state index in [9.17, 15) is 0 Å². The summed E-state index contributed by atoms with van der Waals surface area (Å²) in [4.78, 5) is 13.9. The van der Waals surface area contributed by atoms with Crippen LogP contribution in [0.4, 0.5) is 56.9 Å². The fourth-order valence-corrected chi connectivity index (χ4v) is 16.6. The van der Waals surface area contributed by atoms with Crippen LogP contribution in [-0.2, 0) is 0 Å². The van der Waals surface area contributed by atoms with Crippen molar-refractivity contribution in [3.05, 3.63) is 157 Å². The van der Waals surface area contributed by atoms with Crippen LogP contribution in [0.3, 0.4) is 0 Å². The van der Waals surface area contributed by atoms with Crippen molar-refractivity contribution in [2.45, 2.75) is 6.92 Å².